The minimum absolute atomic E-state index is 0.474. The van der Waals surface area contributed by atoms with E-state index in [0.717, 1.165) is 0 Å². The molecule has 6 rings (SSSR count). The first kappa shape index (κ1) is 17.7. The van der Waals surface area contributed by atoms with Crippen LogP contribution in [0.5, 0.6) is 11.5 Å². The van der Waals surface area contributed by atoms with Gasteiger partial charge in [0.2, 0.25) is 10.2 Å². The number of ether oxygens (including phenoxy) is 1. The number of benzene rings is 4. The van der Waals surface area contributed by atoms with Crippen LogP contribution in [-0.4, -0.2) is 0 Å². The Bertz CT molecular complexity index is 1570. The topological polar surface area (TPSA) is 56.5 Å². The number of para-hydroxylation sites is 2. The summed E-state index contributed by atoms with van der Waals surface area (Å²) >= 11 is 0. The predicted octanol–water partition coefficient (Wildman–Crippen LogP) is 6.07. The van der Waals surface area contributed by atoms with Gasteiger partial charge in [0, 0.05) is 17.4 Å². The summed E-state index contributed by atoms with van der Waals surface area (Å²) in [6.07, 6.45) is 0. The van der Waals surface area contributed by atoms with Crippen molar-refractivity contribution in [3.63, 3.8) is 0 Å². The van der Waals surface area contributed by atoms with Crippen LogP contribution in [0.3, 0.4) is 0 Å². The largest absolute Gasteiger partial charge is 0.456 e. The molecule has 0 fully saturated rings. The van der Waals surface area contributed by atoms with Crippen molar-refractivity contribution in [2.75, 3.05) is 0 Å². The monoisotopic (exact) mass is 429 g/mol. The molecule has 0 N–H and O–H groups in total. The van der Waals surface area contributed by atoms with Crippen LogP contribution in [-0.2, 0) is 9.13 Å². The van der Waals surface area contributed by atoms with Crippen molar-refractivity contribution >= 4 is 51.9 Å². The molecular weight excluding hydrogens is 414 g/mol. The van der Waals surface area contributed by atoms with Crippen LogP contribution in [0.2, 0.25) is 0 Å². The van der Waals surface area contributed by atoms with Gasteiger partial charge in [-0.25, -0.2) is 0 Å². The summed E-state index contributed by atoms with van der Waals surface area (Å²) < 4.78 is 40.2. The lowest BCUT2D eigenvalue weighted by Crippen LogP contribution is -2.30. The lowest BCUT2D eigenvalue weighted by Gasteiger charge is -2.28. The van der Waals surface area contributed by atoms with Crippen LogP contribution in [0.1, 0.15) is 0 Å². The van der Waals surface area contributed by atoms with Crippen LogP contribution < -0.4 is 20.7 Å². The third-order valence-electron chi connectivity index (χ3n) is 5.45. The first-order chi connectivity index (χ1) is 14.7. The highest BCUT2D eigenvalue weighted by Gasteiger charge is 2.40. The fourth-order valence-corrected chi connectivity index (χ4v) is 8.36. The Morgan fingerprint density at radius 3 is 2.27 bits per heavy atom. The second-order valence-electron chi connectivity index (χ2n) is 7.17. The molecule has 0 amide bonds. The van der Waals surface area contributed by atoms with E-state index in [9.17, 15) is 9.13 Å². The molecule has 2 atom stereocenters. The van der Waals surface area contributed by atoms with E-state index >= 15 is 0 Å². The molecule has 0 saturated carbocycles. The minimum Gasteiger partial charge on any atom is -0.456 e. The Morgan fingerprint density at radius 1 is 0.667 bits per heavy atom. The third kappa shape index (κ3) is 2.38. The molecule has 0 radical (unpaired) electrons. The number of hydrogen-bond donors (Lipinski definition) is 0. The van der Waals surface area contributed by atoms with E-state index < -0.39 is 14.6 Å². The second-order valence-corrected chi connectivity index (χ2v) is 11.4. The fourth-order valence-electron chi connectivity index (χ4n) is 4.03. The Hall–Kier alpha value is -3.19. The average molecular weight is 429 g/mol. The second kappa shape index (κ2) is 6.40. The van der Waals surface area contributed by atoms with E-state index in [4.69, 9.17) is 9.15 Å². The minimum atomic E-state index is -3.21. The maximum Gasteiger partial charge on any atom is 0.423 e. The normalized spacial score (nSPS) is 17.9. The average Bonchev–Trinajstić information content (AvgIpc) is 2.79. The van der Waals surface area contributed by atoms with E-state index in [1.807, 2.05) is 66.7 Å². The lowest BCUT2D eigenvalue weighted by atomic mass is 10.3. The van der Waals surface area contributed by atoms with Crippen LogP contribution in [0, 0.1) is 0 Å². The molecule has 30 heavy (non-hydrogen) atoms. The summed E-state index contributed by atoms with van der Waals surface area (Å²) in [5.74, 6) is 1.04. The molecule has 0 bridgehead atoms. The molecule has 0 aliphatic carbocycles. The van der Waals surface area contributed by atoms with E-state index in [1.165, 1.54) is 0 Å². The molecule has 2 unspecified atom stereocenters. The first-order valence-electron chi connectivity index (χ1n) is 9.52. The molecule has 4 nitrogen and oxygen atoms in total. The van der Waals surface area contributed by atoms with Crippen molar-refractivity contribution in [1.29, 1.82) is 0 Å². The SMILES string of the molecule is O=[p+]1c2ccccc2oc2cc3c(cc21)P(=O)(c1ccccc1)c1ccccc1O3. The standard InChI is InChI=1S/C24H15O4P2/c25-29-21-12-6-4-10-17(21)27-19-14-20-24(15-22(19)29)30(26,16-8-2-1-3-9-16)23-13-7-5-11-18(23)28-20/h1-15H/q+1. The van der Waals surface area contributed by atoms with Crippen molar-refractivity contribution in [2.45, 2.75) is 0 Å². The van der Waals surface area contributed by atoms with E-state index in [2.05, 4.69) is 0 Å². The molecule has 1 aliphatic heterocycles. The maximum absolute atomic E-state index is 14.7. The maximum atomic E-state index is 14.7. The van der Waals surface area contributed by atoms with Gasteiger partial charge in [-0.1, -0.05) is 59.2 Å². The number of hydrogen-bond acceptors (Lipinski definition) is 4. The van der Waals surface area contributed by atoms with Crippen LogP contribution in [0.25, 0.3) is 21.4 Å². The van der Waals surface area contributed by atoms with Gasteiger partial charge >= 0.3 is 7.41 Å². The van der Waals surface area contributed by atoms with E-state index in [0.29, 0.717) is 48.8 Å². The molecule has 0 spiro atoms. The van der Waals surface area contributed by atoms with Crippen molar-refractivity contribution in [2.24, 2.45) is 0 Å². The number of rotatable bonds is 1. The summed E-state index contributed by atoms with van der Waals surface area (Å²) in [6.45, 7) is 0. The molecule has 1 aromatic heterocycles. The molecule has 144 valence electrons. The summed E-state index contributed by atoms with van der Waals surface area (Å²) in [7, 11) is -5.08. The number of fused-ring (bicyclic) bond motifs is 4. The van der Waals surface area contributed by atoms with Crippen molar-refractivity contribution in [3.8, 4) is 11.5 Å². The Morgan fingerprint density at radius 2 is 1.40 bits per heavy atom. The Labute approximate surface area is 172 Å². The van der Waals surface area contributed by atoms with Gasteiger partial charge in [0.25, 0.3) is 0 Å². The zero-order valence-corrected chi connectivity index (χ0v) is 17.5. The van der Waals surface area contributed by atoms with Gasteiger partial charge in [-0.2, -0.15) is 0 Å². The van der Waals surface area contributed by atoms with Crippen LogP contribution in [0.4, 0.5) is 0 Å². The molecule has 6 heteroatoms. The highest BCUT2D eigenvalue weighted by atomic mass is 31.2. The molecule has 4 aromatic carbocycles. The highest BCUT2D eigenvalue weighted by molar-refractivity contribution is 7.85. The van der Waals surface area contributed by atoms with Crippen molar-refractivity contribution in [3.05, 3.63) is 91.0 Å². The molecule has 1 aliphatic rings. The quantitative estimate of drug-likeness (QED) is 0.235. The van der Waals surface area contributed by atoms with Crippen molar-refractivity contribution < 1.29 is 18.3 Å². The third-order valence-corrected chi connectivity index (χ3v) is 10.1. The van der Waals surface area contributed by atoms with Crippen LogP contribution in [0.15, 0.2) is 95.4 Å². The summed E-state index contributed by atoms with van der Waals surface area (Å²) in [4.78, 5) is 0. The molecule has 0 saturated heterocycles. The zero-order chi connectivity index (χ0) is 20.3. The molecule has 5 aromatic rings. The van der Waals surface area contributed by atoms with E-state index in [-0.39, 0.29) is 0 Å². The highest BCUT2D eigenvalue weighted by Crippen LogP contribution is 2.53. The van der Waals surface area contributed by atoms with Gasteiger partial charge in [-0.15, -0.1) is 0 Å². The van der Waals surface area contributed by atoms with Gasteiger partial charge in [0.15, 0.2) is 18.3 Å². The van der Waals surface area contributed by atoms with Crippen molar-refractivity contribution in [1.82, 2.24) is 0 Å². The summed E-state index contributed by atoms with van der Waals surface area (Å²) in [5, 5.41) is 3.11. The Balaban J connectivity index is 1.75. The zero-order valence-electron chi connectivity index (χ0n) is 15.7. The Kier molecular flexibility index (Phi) is 3.77. The van der Waals surface area contributed by atoms with Gasteiger partial charge in [0.05, 0.1) is 10.6 Å². The van der Waals surface area contributed by atoms with Gasteiger partial charge in [0.1, 0.15) is 11.5 Å². The fraction of sp³-hybridized carbons (Fsp3) is 0. The van der Waals surface area contributed by atoms with Gasteiger partial charge < -0.3 is 13.7 Å². The van der Waals surface area contributed by atoms with Crippen LogP contribution >= 0.6 is 14.6 Å². The van der Waals surface area contributed by atoms with E-state index in [1.54, 1.807) is 24.3 Å². The lowest BCUT2D eigenvalue weighted by molar-refractivity contribution is 0.485. The molecular formula is C24H15O4P2+. The van der Waals surface area contributed by atoms with Gasteiger partial charge in [-0.05, 0) is 24.3 Å². The smallest absolute Gasteiger partial charge is 0.423 e. The van der Waals surface area contributed by atoms with Gasteiger partial charge in [-0.3, -0.25) is 0 Å². The summed E-state index contributed by atoms with van der Waals surface area (Å²) in [5.41, 5.74) is 1.06. The molecule has 2 heterocycles. The summed E-state index contributed by atoms with van der Waals surface area (Å²) in [6, 6.07) is 27.6. The first-order valence-corrected chi connectivity index (χ1v) is 12.5. The predicted molar refractivity (Wildman–Crippen MR) is 121 cm³/mol.